The van der Waals surface area contributed by atoms with Gasteiger partial charge in [0, 0.05) is 30.1 Å². The van der Waals surface area contributed by atoms with Gasteiger partial charge >= 0.3 is 6.18 Å². The number of nitrogens with zero attached hydrogens (tertiary/aromatic N) is 2. The van der Waals surface area contributed by atoms with Crippen molar-refractivity contribution in [2.24, 2.45) is 10.9 Å². The molecular weight excluding hydrogens is 389 g/mol. The molecular formula is C20H28ClF3N4. The minimum Gasteiger partial charge on any atom is -0.357 e. The van der Waals surface area contributed by atoms with Crippen LogP contribution in [0.4, 0.5) is 13.2 Å². The first-order valence-corrected chi connectivity index (χ1v) is 10.2. The zero-order valence-corrected chi connectivity index (χ0v) is 16.9. The highest BCUT2D eigenvalue weighted by Gasteiger charge is 2.44. The Morgan fingerprint density at radius 2 is 2.11 bits per heavy atom. The van der Waals surface area contributed by atoms with Crippen molar-refractivity contribution in [1.82, 2.24) is 15.5 Å². The zero-order valence-electron chi connectivity index (χ0n) is 16.2. The molecule has 0 aromatic heterocycles. The number of guanidine groups is 1. The van der Waals surface area contributed by atoms with Crippen LogP contribution in [0.15, 0.2) is 29.3 Å². The van der Waals surface area contributed by atoms with Crippen molar-refractivity contribution >= 4 is 17.6 Å². The van der Waals surface area contributed by atoms with Gasteiger partial charge in [-0.15, -0.1) is 0 Å². The Balaban J connectivity index is 1.53. The number of rotatable bonds is 7. The minimum atomic E-state index is -4.13. The molecule has 1 unspecified atom stereocenters. The second kappa shape index (κ2) is 8.91. The van der Waals surface area contributed by atoms with Gasteiger partial charge in [0.05, 0.1) is 13.1 Å². The SMILES string of the molecule is CCNC(=NCC1(c2cccc(Cl)c2)CC1)NCC1CCN(CC(F)(F)F)C1. The molecule has 2 aliphatic rings. The summed E-state index contributed by atoms with van der Waals surface area (Å²) in [6, 6.07) is 7.96. The number of hydrogen-bond acceptors (Lipinski definition) is 2. The maximum absolute atomic E-state index is 12.5. The largest absolute Gasteiger partial charge is 0.401 e. The van der Waals surface area contributed by atoms with Crippen LogP contribution in [-0.4, -0.2) is 56.3 Å². The van der Waals surface area contributed by atoms with Crippen LogP contribution < -0.4 is 10.6 Å². The standard InChI is InChI=1S/C20H28ClF3N4/c1-2-25-18(26-11-15-6-9-28(12-15)14-20(22,23)24)27-13-19(7-8-19)16-4-3-5-17(21)10-16/h3-5,10,15H,2,6-9,11-14H2,1H3,(H2,25,26,27). The van der Waals surface area contributed by atoms with Gasteiger partial charge in [-0.1, -0.05) is 23.7 Å². The third-order valence-electron chi connectivity index (χ3n) is 5.51. The molecule has 1 aliphatic carbocycles. The number of nitrogens with one attached hydrogen (secondary N) is 2. The molecule has 0 radical (unpaired) electrons. The van der Waals surface area contributed by atoms with Gasteiger partial charge in [-0.05, 0) is 56.3 Å². The van der Waals surface area contributed by atoms with E-state index in [9.17, 15) is 13.2 Å². The van der Waals surface area contributed by atoms with Crippen LogP contribution >= 0.6 is 11.6 Å². The van der Waals surface area contributed by atoms with Crippen LogP contribution in [0.25, 0.3) is 0 Å². The predicted octanol–water partition coefficient (Wildman–Crippen LogP) is 3.81. The number of likely N-dealkylation sites (tertiary alicyclic amines) is 1. The van der Waals surface area contributed by atoms with Crippen molar-refractivity contribution in [3.63, 3.8) is 0 Å². The first-order valence-electron chi connectivity index (χ1n) is 9.87. The lowest BCUT2D eigenvalue weighted by molar-refractivity contribution is -0.143. The van der Waals surface area contributed by atoms with E-state index in [0.717, 1.165) is 36.8 Å². The Hall–Kier alpha value is -1.47. The Morgan fingerprint density at radius 3 is 2.75 bits per heavy atom. The van der Waals surface area contributed by atoms with Crippen LogP contribution in [0.1, 0.15) is 31.7 Å². The fourth-order valence-electron chi connectivity index (χ4n) is 3.80. The number of hydrogen-bond donors (Lipinski definition) is 2. The van der Waals surface area contributed by atoms with Gasteiger partial charge in [-0.3, -0.25) is 9.89 Å². The van der Waals surface area contributed by atoms with Crippen molar-refractivity contribution in [2.45, 2.75) is 37.8 Å². The number of halogens is 4. The number of aliphatic imine (C=N–C) groups is 1. The highest BCUT2D eigenvalue weighted by molar-refractivity contribution is 6.30. The lowest BCUT2D eigenvalue weighted by atomic mass is 9.96. The van der Waals surface area contributed by atoms with Gasteiger partial charge in [0.25, 0.3) is 0 Å². The first kappa shape index (κ1) is 21.2. The van der Waals surface area contributed by atoms with Crippen molar-refractivity contribution in [3.05, 3.63) is 34.9 Å². The Morgan fingerprint density at radius 1 is 1.32 bits per heavy atom. The van der Waals surface area contributed by atoms with Gasteiger partial charge in [-0.25, -0.2) is 0 Å². The maximum atomic E-state index is 12.5. The molecule has 8 heteroatoms. The molecule has 1 saturated carbocycles. The average molecular weight is 417 g/mol. The van der Waals surface area contributed by atoms with E-state index < -0.39 is 12.7 Å². The van der Waals surface area contributed by atoms with E-state index in [4.69, 9.17) is 16.6 Å². The van der Waals surface area contributed by atoms with E-state index in [1.165, 1.54) is 10.5 Å². The van der Waals surface area contributed by atoms with Crippen molar-refractivity contribution < 1.29 is 13.2 Å². The van der Waals surface area contributed by atoms with Crippen LogP contribution in [0.2, 0.25) is 5.02 Å². The lowest BCUT2D eigenvalue weighted by Gasteiger charge is -2.19. The van der Waals surface area contributed by atoms with E-state index >= 15 is 0 Å². The highest BCUT2D eigenvalue weighted by atomic mass is 35.5. The second-order valence-corrected chi connectivity index (χ2v) is 8.31. The topological polar surface area (TPSA) is 39.7 Å². The molecule has 0 bridgehead atoms. The van der Waals surface area contributed by atoms with E-state index in [2.05, 4.69) is 16.7 Å². The molecule has 28 heavy (non-hydrogen) atoms. The van der Waals surface area contributed by atoms with Gasteiger partial charge in [0.15, 0.2) is 5.96 Å². The summed E-state index contributed by atoms with van der Waals surface area (Å²) in [4.78, 5) is 6.23. The molecule has 2 fully saturated rings. The minimum absolute atomic E-state index is 0.0596. The fourth-order valence-corrected chi connectivity index (χ4v) is 3.99. The number of alkyl halides is 3. The maximum Gasteiger partial charge on any atom is 0.401 e. The average Bonchev–Trinajstić information content (AvgIpc) is 3.30. The van der Waals surface area contributed by atoms with E-state index in [1.807, 2.05) is 25.1 Å². The van der Waals surface area contributed by atoms with Crippen LogP contribution in [0, 0.1) is 5.92 Å². The third-order valence-corrected chi connectivity index (χ3v) is 5.74. The summed E-state index contributed by atoms with van der Waals surface area (Å²) in [6.07, 6.45) is -1.18. The monoisotopic (exact) mass is 416 g/mol. The summed E-state index contributed by atoms with van der Waals surface area (Å²) in [5.74, 6) is 0.930. The van der Waals surface area contributed by atoms with Crippen molar-refractivity contribution in [2.75, 3.05) is 39.3 Å². The van der Waals surface area contributed by atoms with Gasteiger partial charge in [-0.2, -0.15) is 13.2 Å². The van der Waals surface area contributed by atoms with Gasteiger partial charge < -0.3 is 10.6 Å². The highest BCUT2D eigenvalue weighted by Crippen LogP contribution is 2.48. The summed E-state index contributed by atoms with van der Waals surface area (Å²) < 4.78 is 37.6. The third kappa shape index (κ3) is 6.01. The van der Waals surface area contributed by atoms with E-state index in [1.54, 1.807) is 0 Å². The quantitative estimate of drug-likeness (QED) is 0.524. The van der Waals surface area contributed by atoms with Crippen LogP contribution in [0.5, 0.6) is 0 Å². The first-order chi connectivity index (χ1) is 13.3. The summed E-state index contributed by atoms with van der Waals surface area (Å²) >= 11 is 6.13. The van der Waals surface area contributed by atoms with Gasteiger partial charge in [0.1, 0.15) is 0 Å². The van der Waals surface area contributed by atoms with Crippen LogP contribution in [-0.2, 0) is 5.41 Å². The molecule has 1 atom stereocenters. The molecule has 0 amide bonds. The summed E-state index contributed by atoms with van der Waals surface area (Å²) in [5.41, 5.74) is 1.28. The Bertz CT molecular complexity index is 688. The Kier molecular flexibility index (Phi) is 6.76. The molecule has 1 aliphatic heterocycles. The van der Waals surface area contributed by atoms with Crippen molar-refractivity contribution in [3.8, 4) is 0 Å². The molecule has 156 valence electrons. The molecule has 1 aromatic rings. The van der Waals surface area contributed by atoms with E-state index in [0.29, 0.717) is 26.2 Å². The molecule has 3 rings (SSSR count). The lowest BCUT2D eigenvalue weighted by Crippen LogP contribution is -2.41. The normalized spacial score (nSPS) is 22.3. The van der Waals surface area contributed by atoms with E-state index in [-0.39, 0.29) is 11.3 Å². The fraction of sp³-hybridized carbons (Fsp3) is 0.650. The molecule has 4 nitrogen and oxygen atoms in total. The molecule has 1 aromatic carbocycles. The summed E-state index contributed by atoms with van der Waals surface area (Å²) in [5, 5.41) is 7.29. The summed E-state index contributed by atoms with van der Waals surface area (Å²) in [6.45, 7) is 4.19. The number of benzene rings is 1. The molecule has 0 spiro atoms. The molecule has 1 heterocycles. The zero-order chi connectivity index (χ0) is 20.2. The molecule has 1 saturated heterocycles. The summed E-state index contributed by atoms with van der Waals surface area (Å²) in [7, 11) is 0. The van der Waals surface area contributed by atoms with Crippen molar-refractivity contribution in [1.29, 1.82) is 0 Å². The second-order valence-electron chi connectivity index (χ2n) is 7.87. The Labute approximate surface area is 169 Å². The smallest absolute Gasteiger partial charge is 0.357 e. The molecule has 2 N–H and O–H groups in total. The predicted molar refractivity (Wildman–Crippen MR) is 107 cm³/mol. The van der Waals surface area contributed by atoms with Crippen LogP contribution in [0.3, 0.4) is 0 Å². The van der Waals surface area contributed by atoms with Gasteiger partial charge in [0.2, 0.25) is 0 Å².